The van der Waals surface area contributed by atoms with Gasteiger partial charge in [0.1, 0.15) is 17.3 Å². The zero-order valence-electron chi connectivity index (χ0n) is 16.3. The molecule has 9 nitrogen and oxygen atoms in total. The summed E-state index contributed by atoms with van der Waals surface area (Å²) < 4.78 is 13.4. The average molecular weight is 383 g/mol. The van der Waals surface area contributed by atoms with Crippen LogP contribution in [-0.2, 0) is 14.1 Å². The quantitative estimate of drug-likeness (QED) is 0.554. The fourth-order valence-corrected chi connectivity index (χ4v) is 3.79. The van der Waals surface area contributed by atoms with Gasteiger partial charge in [0, 0.05) is 37.0 Å². The highest BCUT2D eigenvalue weighted by Gasteiger charge is 2.37. The van der Waals surface area contributed by atoms with E-state index in [4.69, 9.17) is 9.47 Å². The summed E-state index contributed by atoms with van der Waals surface area (Å²) in [7, 11) is 6.26. The summed E-state index contributed by atoms with van der Waals surface area (Å²) in [5, 5.41) is 10.4. The highest BCUT2D eigenvalue weighted by Crippen LogP contribution is 2.46. The number of rotatable bonds is 3. The molecule has 2 aromatic heterocycles. The SMILES string of the molecule is COc1ccc([C@@H]2c3c(n[nH]c3C)Nc3c2c(=O)n(C)c(=O)n3C)c(OC)c1. The number of aryl methyl sites for hydroxylation is 1. The minimum Gasteiger partial charge on any atom is -0.497 e. The van der Waals surface area contributed by atoms with Crippen molar-refractivity contribution in [2.75, 3.05) is 19.5 Å². The second-order valence-corrected chi connectivity index (χ2v) is 6.74. The number of hydrogen-bond acceptors (Lipinski definition) is 6. The van der Waals surface area contributed by atoms with Crippen LogP contribution in [0, 0.1) is 6.92 Å². The first kappa shape index (κ1) is 17.9. The number of hydrogen-bond donors (Lipinski definition) is 2. The van der Waals surface area contributed by atoms with E-state index in [1.165, 1.54) is 11.6 Å². The number of ether oxygens (including phenoxy) is 2. The molecule has 146 valence electrons. The van der Waals surface area contributed by atoms with Crippen LogP contribution < -0.4 is 26.0 Å². The van der Waals surface area contributed by atoms with E-state index < -0.39 is 11.6 Å². The van der Waals surface area contributed by atoms with Gasteiger partial charge in [-0.2, -0.15) is 5.10 Å². The third-order valence-electron chi connectivity index (χ3n) is 5.26. The van der Waals surface area contributed by atoms with E-state index in [9.17, 15) is 9.59 Å². The maximum absolute atomic E-state index is 13.1. The molecule has 1 aromatic carbocycles. The van der Waals surface area contributed by atoms with Crippen LogP contribution in [0.4, 0.5) is 11.6 Å². The molecule has 4 rings (SSSR count). The van der Waals surface area contributed by atoms with Crippen molar-refractivity contribution in [3.05, 3.63) is 61.4 Å². The summed E-state index contributed by atoms with van der Waals surface area (Å²) in [6, 6.07) is 5.47. The van der Waals surface area contributed by atoms with Crippen LogP contribution in [-0.4, -0.2) is 33.6 Å². The molecule has 0 saturated carbocycles. The van der Waals surface area contributed by atoms with Gasteiger partial charge in [0.15, 0.2) is 5.82 Å². The van der Waals surface area contributed by atoms with Gasteiger partial charge < -0.3 is 14.8 Å². The molecule has 0 unspecified atom stereocenters. The van der Waals surface area contributed by atoms with E-state index in [0.717, 1.165) is 21.4 Å². The number of H-pyrrole nitrogens is 1. The van der Waals surface area contributed by atoms with E-state index in [0.29, 0.717) is 28.7 Å². The van der Waals surface area contributed by atoms with Crippen LogP contribution in [0.1, 0.15) is 28.3 Å². The normalized spacial score (nSPS) is 14.8. The molecule has 0 fully saturated rings. The molecule has 0 radical (unpaired) electrons. The Labute approximate surface area is 160 Å². The first-order valence-electron chi connectivity index (χ1n) is 8.72. The number of nitrogens with zero attached hydrogens (tertiary/aromatic N) is 3. The standard InChI is InChI=1S/C19H21N5O4/c1-9-13-14(11-7-6-10(27-4)8-12(11)28-5)15-17(20-16(13)22-21-9)23(2)19(26)24(3)18(15)25/h6-8,14H,1-5H3,(H2,20,21,22)/t14-/m1/s1. The van der Waals surface area contributed by atoms with Crippen molar-refractivity contribution >= 4 is 11.6 Å². The molecular formula is C19H21N5O4. The van der Waals surface area contributed by atoms with Crippen LogP contribution in [0.3, 0.4) is 0 Å². The molecule has 1 aliphatic heterocycles. The molecular weight excluding hydrogens is 362 g/mol. The van der Waals surface area contributed by atoms with Crippen LogP contribution in [0.2, 0.25) is 0 Å². The highest BCUT2D eigenvalue weighted by atomic mass is 16.5. The smallest absolute Gasteiger partial charge is 0.332 e. The summed E-state index contributed by atoms with van der Waals surface area (Å²) in [6.07, 6.45) is 0. The second kappa shape index (κ2) is 6.29. The molecule has 9 heteroatoms. The average Bonchev–Trinajstić information content (AvgIpc) is 3.09. The highest BCUT2D eigenvalue weighted by molar-refractivity contribution is 5.72. The Bertz CT molecular complexity index is 1200. The zero-order chi connectivity index (χ0) is 20.2. The molecule has 0 aliphatic carbocycles. The van der Waals surface area contributed by atoms with Gasteiger partial charge in [0.05, 0.1) is 25.7 Å². The maximum atomic E-state index is 13.1. The van der Waals surface area contributed by atoms with E-state index in [-0.39, 0.29) is 5.56 Å². The van der Waals surface area contributed by atoms with Crippen molar-refractivity contribution in [3.63, 3.8) is 0 Å². The minimum atomic E-state index is -0.462. The maximum Gasteiger partial charge on any atom is 0.332 e. The first-order valence-corrected chi connectivity index (χ1v) is 8.72. The largest absolute Gasteiger partial charge is 0.497 e. The molecule has 1 atom stereocenters. The molecule has 0 bridgehead atoms. The van der Waals surface area contributed by atoms with Gasteiger partial charge in [0.2, 0.25) is 0 Å². The molecule has 28 heavy (non-hydrogen) atoms. The van der Waals surface area contributed by atoms with E-state index in [1.54, 1.807) is 27.3 Å². The molecule has 1 aliphatic rings. The summed E-state index contributed by atoms with van der Waals surface area (Å²) >= 11 is 0. The molecule has 2 N–H and O–H groups in total. The Morgan fingerprint density at radius 3 is 2.50 bits per heavy atom. The summed E-state index contributed by atoms with van der Waals surface area (Å²) in [5.41, 5.74) is 2.14. The first-order chi connectivity index (χ1) is 13.4. The van der Waals surface area contributed by atoms with Crippen molar-refractivity contribution < 1.29 is 9.47 Å². The second-order valence-electron chi connectivity index (χ2n) is 6.74. The van der Waals surface area contributed by atoms with Gasteiger partial charge in [-0.3, -0.25) is 19.0 Å². The predicted octanol–water partition coefficient (Wildman–Crippen LogP) is 1.37. The third-order valence-corrected chi connectivity index (χ3v) is 5.26. The van der Waals surface area contributed by atoms with Crippen molar-refractivity contribution in [3.8, 4) is 11.5 Å². The number of aromatic nitrogens is 4. The molecule has 0 amide bonds. The van der Waals surface area contributed by atoms with Crippen molar-refractivity contribution in [2.45, 2.75) is 12.8 Å². The Hall–Kier alpha value is -3.49. The van der Waals surface area contributed by atoms with Gasteiger partial charge in [-0.05, 0) is 13.0 Å². The van der Waals surface area contributed by atoms with Gasteiger partial charge in [-0.15, -0.1) is 0 Å². The van der Waals surface area contributed by atoms with Gasteiger partial charge in [0.25, 0.3) is 5.56 Å². The third kappa shape index (κ3) is 2.35. The molecule has 0 spiro atoms. The lowest BCUT2D eigenvalue weighted by Crippen LogP contribution is -2.42. The number of fused-ring (bicyclic) bond motifs is 2. The van der Waals surface area contributed by atoms with Crippen molar-refractivity contribution in [1.29, 1.82) is 0 Å². The zero-order valence-corrected chi connectivity index (χ0v) is 16.3. The summed E-state index contributed by atoms with van der Waals surface area (Å²) in [6.45, 7) is 1.90. The van der Waals surface area contributed by atoms with E-state index in [1.807, 2.05) is 19.1 Å². The van der Waals surface area contributed by atoms with E-state index >= 15 is 0 Å². The summed E-state index contributed by atoms with van der Waals surface area (Å²) in [4.78, 5) is 25.6. The lowest BCUT2D eigenvalue weighted by molar-refractivity contribution is 0.390. The fourth-order valence-electron chi connectivity index (χ4n) is 3.79. The molecule has 3 heterocycles. The van der Waals surface area contributed by atoms with Crippen LogP contribution in [0.5, 0.6) is 11.5 Å². The Morgan fingerprint density at radius 1 is 1.07 bits per heavy atom. The van der Waals surface area contributed by atoms with Crippen LogP contribution in [0.25, 0.3) is 0 Å². The Morgan fingerprint density at radius 2 is 1.82 bits per heavy atom. The number of nitrogens with one attached hydrogen (secondary N) is 2. The van der Waals surface area contributed by atoms with Crippen LogP contribution in [0.15, 0.2) is 27.8 Å². The minimum absolute atomic E-state index is 0.361. The van der Waals surface area contributed by atoms with Gasteiger partial charge in [-0.25, -0.2) is 4.79 Å². The van der Waals surface area contributed by atoms with Gasteiger partial charge in [-0.1, -0.05) is 6.07 Å². The van der Waals surface area contributed by atoms with Crippen molar-refractivity contribution in [2.24, 2.45) is 14.1 Å². The monoisotopic (exact) mass is 383 g/mol. The summed E-state index contributed by atoms with van der Waals surface area (Å²) in [5.74, 6) is 1.77. The Balaban J connectivity index is 2.11. The van der Waals surface area contributed by atoms with E-state index in [2.05, 4.69) is 15.5 Å². The number of anilines is 2. The number of methoxy groups -OCH3 is 2. The Kier molecular flexibility index (Phi) is 4.02. The lowest BCUT2D eigenvalue weighted by Gasteiger charge is -2.29. The van der Waals surface area contributed by atoms with Gasteiger partial charge >= 0.3 is 5.69 Å². The molecule has 3 aromatic rings. The fraction of sp³-hybridized carbons (Fsp3) is 0.316. The van der Waals surface area contributed by atoms with Crippen LogP contribution >= 0.6 is 0 Å². The van der Waals surface area contributed by atoms with Crippen molar-refractivity contribution in [1.82, 2.24) is 19.3 Å². The number of aromatic amines is 1. The predicted molar refractivity (Wildman–Crippen MR) is 104 cm³/mol. The lowest BCUT2D eigenvalue weighted by atomic mass is 9.83. The number of benzene rings is 1. The molecule has 0 saturated heterocycles. The topological polar surface area (TPSA) is 103 Å².